The number of likely N-dealkylation sites (N-methyl/N-ethyl adjacent to an activating group) is 1. The van der Waals surface area contributed by atoms with Gasteiger partial charge < -0.3 is 28.8 Å². The van der Waals surface area contributed by atoms with Gasteiger partial charge in [-0.25, -0.2) is 0 Å². The number of cyclic esters (lactones) is 1. The van der Waals surface area contributed by atoms with Crippen molar-refractivity contribution in [1.29, 1.82) is 5.26 Å². The summed E-state index contributed by atoms with van der Waals surface area (Å²) in [4.78, 5) is 17.7. The summed E-state index contributed by atoms with van der Waals surface area (Å²) in [6, 6.07) is 3.34. The summed E-state index contributed by atoms with van der Waals surface area (Å²) in [5, 5.41) is 22.5. The minimum Gasteiger partial charge on any atom is -0.507 e. The maximum atomic E-state index is 13.1. The van der Waals surface area contributed by atoms with Gasteiger partial charge >= 0.3 is 5.97 Å². The highest BCUT2D eigenvalue weighted by atomic mass is 32.2. The standard InChI is InChI=1S/C34H41N3O7S/c1-7-8-40-14-42-30-18(4)16(2)9-20-10-21-22(11-35)37-23-12-41-34(39)17(3)13-45-33(28(37)27(24(20)30)36(21)6)26-25(23)32-31(43-15-44-32)19(5)29(26)38/h9,17,21-23,27-28,33,38H,7-8,10,12-15H2,1-6H3/t17?,21-,22+,23-,27-,28?,33-/m1/s1. The van der Waals surface area contributed by atoms with Crippen LogP contribution in [0.4, 0.5) is 0 Å². The zero-order valence-corrected chi connectivity index (χ0v) is 27.5. The van der Waals surface area contributed by atoms with Crippen LogP contribution in [0.2, 0.25) is 0 Å². The molecule has 0 aromatic heterocycles. The van der Waals surface area contributed by atoms with Crippen LogP contribution in [0.15, 0.2) is 6.07 Å². The topological polar surface area (TPSA) is 114 Å². The van der Waals surface area contributed by atoms with Gasteiger partial charge in [-0.1, -0.05) is 19.9 Å². The van der Waals surface area contributed by atoms with Crippen molar-refractivity contribution in [3.8, 4) is 29.1 Å². The third kappa shape index (κ3) is 4.51. The molecule has 1 N–H and O–H groups in total. The van der Waals surface area contributed by atoms with E-state index in [1.54, 1.807) is 11.8 Å². The normalized spacial score (nSPS) is 30.2. The molecular weight excluding hydrogens is 594 g/mol. The summed E-state index contributed by atoms with van der Waals surface area (Å²) in [5.41, 5.74) is 6.67. The molecule has 240 valence electrons. The number of thioether (sulfide) groups is 1. The lowest BCUT2D eigenvalue weighted by atomic mass is 9.71. The number of benzene rings is 2. The Morgan fingerprint density at radius 2 is 1.91 bits per heavy atom. The lowest BCUT2D eigenvalue weighted by molar-refractivity contribution is -0.153. The molecule has 0 saturated carbocycles. The largest absolute Gasteiger partial charge is 0.507 e. The predicted molar refractivity (Wildman–Crippen MR) is 168 cm³/mol. The third-order valence-electron chi connectivity index (χ3n) is 10.4. The summed E-state index contributed by atoms with van der Waals surface area (Å²) < 4.78 is 30.2. The monoisotopic (exact) mass is 635 g/mol. The molecule has 5 aliphatic heterocycles. The second kappa shape index (κ2) is 11.6. The number of rotatable bonds is 5. The van der Waals surface area contributed by atoms with Crippen molar-refractivity contribution in [1.82, 2.24) is 9.80 Å². The van der Waals surface area contributed by atoms with E-state index < -0.39 is 12.1 Å². The maximum Gasteiger partial charge on any atom is 0.309 e. The molecule has 11 heteroatoms. The van der Waals surface area contributed by atoms with Gasteiger partial charge in [0.25, 0.3) is 0 Å². The average molecular weight is 636 g/mol. The van der Waals surface area contributed by atoms with Gasteiger partial charge in [-0.2, -0.15) is 17.0 Å². The lowest BCUT2D eigenvalue weighted by Gasteiger charge is -2.61. The molecule has 45 heavy (non-hydrogen) atoms. The number of carbonyl (C=O) groups excluding carboxylic acids is 1. The van der Waals surface area contributed by atoms with Gasteiger partial charge in [0.05, 0.1) is 35.9 Å². The summed E-state index contributed by atoms with van der Waals surface area (Å²) in [7, 11) is 2.11. The molecule has 5 aliphatic rings. The molecule has 2 aromatic carbocycles. The van der Waals surface area contributed by atoms with Crippen LogP contribution < -0.4 is 14.2 Å². The van der Waals surface area contributed by atoms with Crippen LogP contribution >= 0.6 is 11.8 Å². The number of hydrogen-bond donors (Lipinski definition) is 1. The number of aromatic hydroxyl groups is 1. The number of esters is 1. The van der Waals surface area contributed by atoms with Gasteiger partial charge in [-0.05, 0) is 57.4 Å². The second-order valence-electron chi connectivity index (χ2n) is 13.0. The third-order valence-corrected chi connectivity index (χ3v) is 12.0. The van der Waals surface area contributed by atoms with Crippen LogP contribution in [0.1, 0.15) is 76.5 Å². The summed E-state index contributed by atoms with van der Waals surface area (Å²) >= 11 is 1.64. The number of phenolic OH excluding ortho intramolecular Hbond substituents is 1. The predicted octanol–water partition coefficient (Wildman–Crippen LogP) is 5.01. The number of nitrogens with zero attached hydrogens (tertiary/aromatic N) is 3. The van der Waals surface area contributed by atoms with E-state index in [4.69, 9.17) is 23.7 Å². The van der Waals surface area contributed by atoms with Crippen LogP contribution in [0.5, 0.6) is 23.0 Å². The first kappa shape index (κ1) is 30.5. The number of nitriles is 1. The van der Waals surface area contributed by atoms with E-state index in [1.165, 1.54) is 5.56 Å². The van der Waals surface area contributed by atoms with Crippen LogP contribution in [-0.4, -0.2) is 78.6 Å². The zero-order chi connectivity index (χ0) is 31.7. The summed E-state index contributed by atoms with van der Waals surface area (Å²) in [6.07, 6.45) is 1.57. The number of piperazine rings is 1. The van der Waals surface area contributed by atoms with Crippen molar-refractivity contribution in [2.75, 3.05) is 39.6 Å². The smallest absolute Gasteiger partial charge is 0.309 e. The van der Waals surface area contributed by atoms with Gasteiger partial charge in [0.1, 0.15) is 24.1 Å². The SMILES string of the molecule is CCCOCOc1c(C)c(C)cc2c1[C@@H]1C3[C@@H]4SCC(C)C(=O)OC[C@H](c5c6c(c(C)c(O)c54)OCO6)N3[C@@H](C#N)[C@@H](C2)N1C. The highest BCUT2D eigenvalue weighted by molar-refractivity contribution is 7.99. The van der Waals surface area contributed by atoms with Crippen molar-refractivity contribution in [2.24, 2.45) is 5.92 Å². The molecule has 0 aliphatic carbocycles. The first-order chi connectivity index (χ1) is 21.7. The van der Waals surface area contributed by atoms with Crippen LogP contribution in [-0.2, 0) is 20.7 Å². The molecule has 2 unspecified atom stereocenters. The van der Waals surface area contributed by atoms with Gasteiger partial charge in [0.2, 0.25) is 6.79 Å². The Kier molecular flexibility index (Phi) is 7.84. The molecule has 2 aromatic rings. The lowest BCUT2D eigenvalue weighted by Crippen LogP contribution is -2.69. The summed E-state index contributed by atoms with van der Waals surface area (Å²) in [5.74, 6) is 1.99. The number of phenols is 1. The molecule has 7 rings (SSSR count). The Morgan fingerprint density at radius 1 is 1.13 bits per heavy atom. The van der Waals surface area contributed by atoms with E-state index >= 15 is 0 Å². The fourth-order valence-corrected chi connectivity index (χ4v) is 9.66. The fourth-order valence-electron chi connectivity index (χ4n) is 8.13. The quantitative estimate of drug-likeness (QED) is 0.272. The van der Waals surface area contributed by atoms with Crippen molar-refractivity contribution in [3.05, 3.63) is 45.0 Å². The average Bonchev–Trinajstić information content (AvgIpc) is 3.51. The molecule has 7 atom stereocenters. The van der Waals surface area contributed by atoms with Gasteiger partial charge in [0.15, 0.2) is 18.3 Å². The van der Waals surface area contributed by atoms with E-state index in [2.05, 4.69) is 49.8 Å². The van der Waals surface area contributed by atoms with Crippen molar-refractivity contribution < 1.29 is 33.6 Å². The summed E-state index contributed by atoms with van der Waals surface area (Å²) in [6.45, 7) is 10.9. The molecule has 0 radical (unpaired) electrons. The number of carbonyl (C=O) groups is 1. The number of aryl methyl sites for hydroxylation is 1. The van der Waals surface area contributed by atoms with Gasteiger partial charge in [0, 0.05) is 40.1 Å². The Morgan fingerprint density at radius 3 is 2.67 bits per heavy atom. The van der Waals surface area contributed by atoms with Crippen molar-refractivity contribution >= 4 is 17.7 Å². The van der Waals surface area contributed by atoms with E-state index in [1.807, 2.05) is 13.8 Å². The maximum absolute atomic E-state index is 13.1. The van der Waals surface area contributed by atoms with E-state index in [0.29, 0.717) is 35.8 Å². The Hall–Kier alpha value is -3.17. The second-order valence-corrected chi connectivity index (χ2v) is 14.1. The first-order valence-electron chi connectivity index (χ1n) is 15.8. The molecule has 10 nitrogen and oxygen atoms in total. The number of ether oxygens (including phenoxy) is 5. The molecule has 0 spiro atoms. The minimum absolute atomic E-state index is 0.0394. The zero-order valence-electron chi connectivity index (χ0n) is 26.7. The van der Waals surface area contributed by atoms with Crippen LogP contribution in [0.3, 0.4) is 0 Å². The highest BCUT2D eigenvalue weighted by Crippen LogP contribution is 2.63. The molecule has 4 bridgehead atoms. The van der Waals surface area contributed by atoms with Crippen LogP contribution in [0.25, 0.3) is 0 Å². The minimum atomic E-state index is -0.522. The Labute approximate surface area is 268 Å². The van der Waals surface area contributed by atoms with E-state index in [-0.39, 0.29) is 61.2 Å². The van der Waals surface area contributed by atoms with Gasteiger partial charge in [-0.15, -0.1) is 0 Å². The van der Waals surface area contributed by atoms with Crippen molar-refractivity contribution in [2.45, 2.75) is 82.9 Å². The van der Waals surface area contributed by atoms with Crippen molar-refractivity contribution in [3.63, 3.8) is 0 Å². The van der Waals surface area contributed by atoms with Crippen LogP contribution in [0, 0.1) is 38.0 Å². The molecule has 2 saturated heterocycles. The highest BCUT2D eigenvalue weighted by Gasteiger charge is 2.60. The number of fused-ring (bicyclic) bond motifs is 9. The fraction of sp³-hybridized carbons (Fsp3) is 0.588. The van der Waals surface area contributed by atoms with Gasteiger partial charge in [-0.3, -0.25) is 14.6 Å². The van der Waals surface area contributed by atoms with E-state index in [9.17, 15) is 15.2 Å². The van der Waals surface area contributed by atoms with E-state index in [0.717, 1.165) is 40.0 Å². The number of hydrogen-bond acceptors (Lipinski definition) is 11. The molecule has 0 amide bonds. The Balaban J connectivity index is 1.48. The Bertz CT molecular complexity index is 1590. The molecule has 2 fully saturated rings. The molecule has 5 heterocycles. The first-order valence-corrected chi connectivity index (χ1v) is 16.9. The molecular formula is C34H41N3O7S.